The Bertz CT molecular complexity index is 991. The van der Waals surface area contributed by atoms with Crippen molar-refractivity contribution in [3.05, 3.63) is 83.9 Å². The molecular formula is C24H24N4O. The Morgan fingerprint density at radius 1 is 0.862 bits per heavy atom. The molecule has 2 heterocycles. The zero-order valence-electron chi connectivity index (χ0n) is 16.5. The molecule has 29 heavy (non-hydrogen) atoms. The van der Waals surface area contributed by atoms with Gasteiger partial charge in [-0.15, -0.1) is 10.2 Å². The lowest BCUT2D eigenvalue weighted by Gasteiger charge is -2.34. The number of piperazine rings is 1. The summed E-state index contributed by atoms with van der Waals surface area (Å²) in [6, 6.07) is 22.1. The minimum absolute atomic E-state index is 0.0505. The molecule has 4 rings (SSSR count). The Morgan fingerprint density at radius 3 is 2.28 bits per heavy atom. The van der Waals surface area contributed by atoms with Gasteiger partial charge in [-0.3, -0.25) is 4.79 Å². The molecule has 0 N–H and O–H groups in total. The van der Waals surface area contributed by atoms with Crippen LogP contribution in [0.25, 0.3) is 17.3 Å². The smallest absolute Gasteiger partial charge is 0.246 e. The van der Waals surface area contributed by atoms with Crippen LogP contribution in [-0.4, -0.2) is 47.2 Å². The van der Waals surface area contributed by atoms with Gasteiger partial charge in [-0.2, -0.15) is 0 Å². The van der Waals surface area contributed by atoms with Crippen molar-refractivity contribution in [2.24, 2.45) is 0 Å². The lowest BCUT2D eigenvalue weighted by atomic mass is 10.1. The monoisotopic (exact) mass is 384 g/mol. The molecule has 0 aliphatic carbocycles. The second kappa shape index (κ2) is 8.69. The molecule has 3 aromatic rings. The number of benzene rings is 2. The summed E-state index contributed by atoms with van der Waals surface area (Å²) in [5, 5.41) is 8.84. The van der Waals surface area contributed by atoms with Crippen LogP contribution in [0.2, 0.25) is 0 Å². The maximum Gasteiger partial charge on any atom is 0.246 e. The van der Waals surface area contributed by atoms with Crippen LogP contribution in [0.15, 0.2) is 72.8 Å². The molecule has 5 heteroatoms. The molecule has 0 bridgehead atoms. The van der Waals surface area contributed by atoms with Gasteiger partial charge in [0.1, 0.15) is 0 Å². The van der Waals surface area contributed by atoms with Crippen molar-refractivity contribution in [3.8, 4) is 11.3 Å². The SMILES string of the molecule is Cc1ccccc1-c1ccc(N2CCN(C(=O)/C=C/c3ccccc3)CC2)nn1. The third-order valence-electron chi connectivity index (χ3n) is 5.20. The lowest BCUT2D eigenvalue weighted by molar-refractivity contribution is -0.126. The molecule has 0 spiro atoms. The van der Waals surface area contributed by atoms with Crippen molar-refractivity contribution in [3.63, 3.8) is 0 Å². The molecule has 1 amide bonds. The predicted octanol–water partition coefficient (Wildman–Crippen LogP) is 3.81. The van der Waals surface area contributed by atoms with Crippen molar-refractivity contribution in [2.45, 2.75) is 6.92 Å². The molecular weight excluding hydrogens is 360 g/mol. The number of rotatable bonds is 4. The molecule has 0 saturated carbocycles. The molecule has 5 nitrogen and oxygen atoms in total. The third kappa shape index (κ3) is 4.51. The van der Waals surface area contributed by atoms with E-state index in [2.05, 4.69) is 34.2 Å². The normalized spacial score (nSPS) is 14.4. The number of anilines is 1. The lowest BCUT2D eigenvalue weighted by Crippen LogP contribution is -2.48. The number of carbonyl (C=O) groups excluding carboxylic acids is 1. The molecule has 1 aliphatic rings. The summed E-state index contributed by atoms with van der Waals surface area (Å²) < 4.78 is 0. The van der Waals surface area contributed by atoms with E-state index < -0.39 is 0 Å². The fourth-order valence-electron chi connectivity index (χ4n) is 3.49. The van der Waals surface area contributed by atoms with Gasteiger partial charge in [0, 0.05) is 37.8 Å². The summed E-state index contributed by atoms with van der Waals surface area (Å²) >= 11 is 0. The average Bonchev–Trinajstić information content (AvgIpc) is 2.79. The highest BCUT2D eigenvalue weighted by molar-refractivity contribution is 5.92. The van der Waals surface area contributed by atoms with Gasteiger partial charge in [0.05, 0.1) is 5.69 Å². The van der Waals surface area contributed by atoms with Crippen LogP contribution in [0.3, 0.4) is 0 Å². The summed E-state index contributed by atoms with van der Waals surface area (Å²) in [6.07, 6.45) is 3.52. The number of hydrogen-bond donors (Lipinski definition) is 0. The van der Waals surface area contributed by atoms with Crippen molar-refractivity contribution < 1.29 is 4.79 Å². The Hall–Kier alpha value is -3.47. The van der Waals surface area contributed by atoms with Crippen LogP contribution >= 0.6 is 0 Å². The Kier molecular flexibility index (Phi) is 5.66. The van der Waals surface area contributed by atoms with Crippen molar-refractivity contribution >= 4 is 17.8 Å². The summed E-state index contributed by atoms with van der Waals surface area (Å²) in [5.41, 5.74) is 4.20. The molecule has 0 unspecified atom stereocenters. The molecule has 0 atom stereocenters. The van der Waals surface area contributed by atoms with Crippen LogP contribution in [0.5, 0.6) is 0 Å². The van der Waals surface area contributed by atoms with E-state index >= 15 is 0 Å². The standard InChI is InChI=1S/C24H24N4O/c1-19-7-5-6-10-21(19)22-12-13-23(26-25-22)27-15-17-28(18-16-27)24(29)14-11-20-8-3-2-4-9-20/h2-14H,15-18H2,1H3/b14-11+. The maximum atomic E-state index is 12.4. The summed E-state index contributed by atoms with van der Waals surface area (Å²) in [5.74, 6) is 0.906. The van der Waals surface area contributed by atoms with E-state index in [9.17, 15) is 4.79 Å². The highest BCUT2D eigenvalue weighted by atomic mass is 16.2. The maximum absolute atomic E-state index is 12.4. The zero-order chi connectivity index (χ0) is 20.1. The van der Waals surface area contributed by atoms with Gasteiger partial charge in [0.2, 0.25) is 5.91 Å². The minimum Gasteiger partial charge on any atom is -0.352 e. The molecule has 146 valence electrons. The number of nitrogens with zero attached hydrogens (tertiary/aromatic N) is 4. The topological polar surface area (TPSA) is 49.3 Å². The highest BCUT2D eigenvalue weighted by Gasteiger charge is 2.21. The first kappa shape index (κ1) is 18.9. The number of hydrogen-bond acceptors (Lipinski definition) is 4. The van der Waals surface area contributed by atoms with Gasteiger partial charge in [-0.05, 0) is 36.3 Å². The van der Waals surface area contributed by atoms with E-state index in [4.69, 9.17) is 0 Å². The van der Waals surface area contributed by atoms with Crippen LogP contribution in [-0.2, 0) is 4.79 Å². The largest absolute Gasteiger partial charge is 0.352 e. The van der Waals surface area contributed by atoms with Gasteiger partial charge >= 0.3 is 0 Å². The molecule has 1 fully saturated rings. The van der Waals surface area contributed by atoms with Crippen molar-refractivity contribution in [1.29, 1.82) is 0 Å². The molecule has 0 radical (unpaired) electrons. The first-order valence-corrected chi connectivity index (χ1v) is 9.87. The van der Waals surface area contributed by atoms with Gasteiger partial charge in [0.15, 0.2) is 5.82 Å². The molecule has 1 saturated heterocycles. The van der Waals surface area contributed by atoms with E-state index in [1.807, 2.05) is 65.6 Å². The van der Waals surface area contributed by atoms with Gasteiger partial charge in [-0.1, -0.05) is 54.6 Å². The number of amides is 1. The van der Waals surface area contributed by atoms with E-state index in [1.54, 1.807) is 6.08 Å². The van der Waals surface area contributed by atoms with E-state index in [0.717, 1.165) is 35.7 Å². The van der Waals surface area contributed by atoms with Crippen molar-refractivity contribution in [1.82, 2.24) is 15.1 Å². The van der Waals surface area contributed by atoms with Gasteiger partial charge < -0.3 is 9.80 Å². The fraction of sp³-hybridized carbons (Fsp3) is 0.208. The van der Waals surface area contributed by atoms with Crippen LogP contribution < -0.4 is 4.90 Å². The minimum atomic E-state index is 0.0505. The van der Waals surface area contributed by atoms with Crippen LogP contribution in [0.1, 0.15) is 11.1 Å². The summed E-state index contributed by atoms with van der Waals surface area (Å²) in [7, 11) is 0. The van der Waals surface area contributed by atoms with E-state index in [1.165, 1.54) is 5.56 Å². The second-order valence-electron chi connectivity index (χ2n) is 7.15. The zero-order valence-corrected chi connectivity index (χ0v) is 16.5. The van der Waals surface area contributed by atoms with E-state index in [0.29, 0.717) is 13.1 Å². The Balaban J connectivity index is 1.35. The summed E-state index contributed by atoms with van der Waals surface area (Å²) in [6.45, 7) is 4.94. The first-order chi connectivity index (χ1) is 14.2. The van der Waals surface area contributed by atoms with Crippen LogP contribution in [0, 0.1) is 6.92 Å². The molecule has 2 aromatic carbocycles. The Labute approximate surface area is 171 Å². The Morgan fingerprint density at radius 2 is 1.59 bits per heavy atom. The first-order valence-electron chi connectivity index (χ1n) is 9.87. The van der Waals surface area contributed by atoms with Crippen LogP contribution in [0.4, 0.5) is 5.82 Å². The molecule has 1 aromatic heterocycles. The summed E-state index contributed by atoms with van der Waals surface area (Å²) in [4.78, 5) is 16.5. The van der Waals surface area contributed by atoms with Gasteiger partial charge in [0.25, 0.3) is 0 Å². The second-order valence-corrected chi connectivity index (χ2v) is 7.15. The number of aryl methyl sites for hydroxylation is 1. The van der Waals surface area contributed by atoms with E-state index in [-0.39, 0.29) is 5.91 Å². The number of carbonyl (C=O) groups is 1. The van der Waals surface area contributed by atoms with Crippen molar-refractivity contribution in [2.75, 3.05) is 31.1 Å². The highest BCUT2D eigenvalue weighted by Crippen LogP contribution is 2.22. The predicted molar refractivity (Wildman–Crippen MR) is 116 cm³/mol. The molecule has 1 aliphatic heterocycles. The fourth-order valence-corrected chi connectivity index (χ4v) is 3.49. The third-order valence-corrected chi connectivity index (χ3v) is 5.20. The van der Waals surface area contributed by atoms with Gasteiger partial charge in [-0.25, -0.2) is 0 Å². The average molecular weight is 384 g/mol. The quantitative estimate of drug-likeness (QED) is 0.642. The number of aromatic nitrogens is 2.